The van der Waals surface area contributed by atoms with Crippen LogP contribution in [0.1, 0.15) is 52.0 Å². The van der Waals surface area contributed by atoms with Crippen molar-refractivity contribution in [3.63, 3.8) is 0 Å². The summed E-state index contributed by atoms with van der Waals surface area (Å²) in [5.74, 6) is -1.60. The molecule has 1 aliphatic rings. The molecule has 2 atom stereocenters. The van der Waals surface area contributed by atoms with Crippen molar-refractivity contribution in [3.8, 4) is 0 Å². The number of hydrogen-bond donors (Lipinski definition) is 1. The Bertz CT molecular complexity index is 903. The van der Waals surface area contributed by atoms with Gasteiger partial charge in [0.05, 0.1) is 35.7 Å². The topological polar surface area (TPSA) is 108 Å². The van der Waals surface area contributed by atoms with Crippen molar-refractivity contribution in [3.05, 3.63) is 62.5 Å². The van der Waals surface area contributed by atoms with Gasteiger partial charge in [0.25, 0.3) is 5.69 Å². The average Bonchev–Trinajstić information content (AvgIpc) is 2.72. The van der Waals surface area contributed by atoms with E-state index in [1.807, 2.05) is 0 Å². The first-order chi connectivity index (χ1) is 14.2. The van der Waals surface area contributed by atoms with Crippen LogP contribution in [0.5, 0.6) is 0 Å². The SMILES string of the molecule is CCC(C)CCOC(=O)C1=C(C)NC(C)=C(C(=O)OC)C1c1cccc([N+](=O)[O-])c1. The molecule has 2 unspecified atom stereocenters. The van der Waals surface area contributed by atoms with Gasteiger partial charge in [-0.1, -0.05) is 32.4 Å². The number of benzene rings is 1. The molecule has 0 bridgehead atoms. The largest absolute Gasteiger partial charge is 0.466 e. The van der Waals surface area contributed by atoms with E-state index in [-0.39, 0.29) is 23.4 Å². The van der Waals surface area contributed by atoms with Gasteiger partial charge >= 0.3 is 11.9 Å². The second-order valence-corrected chi connectivity index (χ2v) is 7.42. The first kappa shape index (κ1) is 23.1. The zero-order valence-electron chi connectivity index (χ0n) is 18.0. The zero-order valence-corrected chi connectivity index (χ0v) is 18.0. The molecule has 1 N–H and O–H groups in total. The standard InChI is InChI=1S/C22H28N2O6/c1-6-13(2)10-11-30-22(26)19-15(4)23-14(3)18(21(25)29-5)20(19)16-8-7-9-17(12-16)24(27)28/h7-9,12-13,20,23H,6,10-11H2,1-5H3. The summed E-state index contributed by atoms with van der Waals surface area (Å²) in [4.78, 5) is 36.3. The Morgan fingerprint density at radius 2 is 1.83 bits per heavy atom. The first-order valence-electron chi connectivity index (χ1n) is 9.89. The van der Waals surface area contributed by atoms with Crippen LogP contribution in [0, 0.1) is 16.0 Å². The number of carbonyl (C=O) groups is 2. The van der Waals surface area contributed by atoms with Crippen LogP contribution in [-0.4, -0.2) is 30.6 Å². The van der Waals surface area contributed by atoms with Gasteiger partial charge in [0.2, 0.25) is 0 Å². The van der Waals surface area contributed by atoms with E-state index in [0.29, 0.717) is 22.9 Å². The number of ether oxygens (including phenoxy) is 2. The van der Waals surface area contributed by atoms with Crippen molar-refractivity contribution in [1.29, 1.82) is 0 Å². The summed E-state index contributed by atoms with van der Waals surface area (Å²) in [6, 6.07) is 5.91. The highest BCUT2D eigenvalue weighted by Gasteiger charge is 2.38. The predicted molar refractivity (Wildman–Crippen MR) is 111 cm³/mol. The molecule has 1 aromatic carbocycles. The maximum atomic E-state index is 13.0. The monoisotopic (exact) mass is 416 g/mol. The summed E-state index contributed by atoms with van der Waals surface area (Å²) < 4.78 is 10.4. The lowest BCUT2D eigenvalue weighted by molar-refractivity contribution is -0.384. The molecule has 0 saturated heterocycles. The second kappa shape index (κ2) is 10.0. The number of dihydropyridines is 1. The first-order valence-corrected chi connectivity index (χ1v) is 9.89. The summed E-state index contributed by atoms with van der Waals surface area (Å²) in [7, 11) is 1.25. The lowest BCUT2D eigenvalue weighted by Gasteiger charge is -2.30. The Balaban J connectivity index is 2.51. The summed E-state index contributed by atoms with van der Waals surface area (Å²) in [5.41, 5.74) is 1.83. The predicted octanol–water partition coefficient (Wildman–Crippen LogP) is 3.98. The van der Waals surface area contributed by atoms with Crippen molar-refractivity contribution >= 4 is 17.6 Å². The zero-order chi connectivity index (χ0) is 22.4. The van der Waals surface area contributed by atoms with Crippen LogP contribution in [0.25, 0.3) is 0 Å². The van der Waals surface area contributed by atoms with Gasteiger partial charge in [0.1, 0.15) is 0 Å². The fourth-order valence-corrected chi connectivity index (χ4v) is 3.43. The molecule has 2 rings (SSSR count). The Morgan fingerprint density at radius 1 is 1.20 bits per heavy atom. The number of nitro groups is 1. The van der Waals surface area contributed by atoms with Crippen LogP contribution in [0.15, 0.2) is 46.8 Å². The summed E-state index contributed by atoms with van der Waals surface area (Å²) in [6.45, 7) is 7.81. The third-order valence-corrected chi connectivity index (χ3v) is 5.34. The molecule has 0 radical (unpaired) electrons. The van der Waals surface area contributed by atoms with Crippen molar-refractivity contribution in [1.82, 2.24) is 5.32 Å². The minimum atomic E-state index is -0.838. The third kappa shape index (κ3) is 5.06. The number of rotatable bonds is 8. The van der Waals surface area contributed by atoms with Gasteiger partial charge in [-0.3, -0.25) is 10.1 Å². The van der Waals surface area contributed by atoms with Crippen LogP contribution in [-0.2, 0) is 19.1 Å². The molecule has 0 fully saturated rings. The maximum absolute atomic E-state index is 13.0. The van der Waals surface area contributed by atoms with E-state index in [9.17, 15) is 19.7 Å². The van der Waals surface area contributed by atoms with Crippen molar-refractivity contribution < 1.29 is 24.0 Å². The van der Waals surface area contributed by atoms with Crippen molar-refractivity contribution in [2.45, 2.75) is 46.5 Å². The van der Waals surface area contributed by atoms with Crippen LogP contribution >= 0.6 is 0 Å². The number of esters is 2. The minimum absolute atomic E-state index is 0.130. The number of nitro benzene ring substituents is 1. The number of carbonyl (C=O) groups excluding carboxylic acids is 2. The number of nitrogens with zero attached hydrogens (tertiary/aromatic N) is 1. The number of allylic oxidation sites excluding steroid dienone is 2. The number of non-ortho nitro benzene ring substituents is 1. The van der Waals surface area contributed by atoms with Crippen molar-refractivity contribution in [2.75, 3.05) is 13.7 Å². The molecule has 1 aromatic rings. The second-order valence-electron chi connectivity index (χ2n) is 7.42. The molecule has 0 aromatic heterocycles. The van der Waals surface area contributed by atoms with Gasteiger partial charge < -0.3 is 14.8 Å². The highest BCUT2D eigenvalue weighted by molar-refractivity contribution is 5.99. The van der Waals surface area contributed by atoms with E-state index in [4.69, 9.17) is 9.47 Å². The Labute approximate surface area is 176 Å². The Hall–Kier alpha value is -3.16. The molecular weight excluding hydrogens is 388 g/mol. The smallest absolute Gasteiger partial charge is 0.336 e. The molecule has 30 heavy (non-hydrogen) atoms. The van der Waals surface area contributed by atoms with Crippen LogP contribution in [0.2, 0.25) is 0 Å². The van der Waals surface area contributed by atoms with E-state index in [1.165, 1.54) is 25.3 Å². The lowest BCUT2D eigenvalue weighted by Crippen LogP contribution is -2.32. The van der Waals surface area contributed by atoms with Gasteiger partial charge in [0, 0.05) is 23.5 Å². The van der Waals surface area contributed by atoms with E-state index in [0.717, 1.165) is 12.8 Å². The fourth-order valence-electron chi connectivity index (χ4n) is 3.43. The van der Waals surface area contributed by atoms with E-state index >= 15 is 0 Å². The molecule has 0 spiro atoms. The highest BCUT2D eigenvalue weighted by Crippen LogP contribution is 2.40. The molecule has 162 valence electrons. The molecule has 1 heterocycles. The molecule has 0 amide bonds. The van der Waals surface area contributed by atoms with Gasteiger partial charge in [0.15, 0.2) is 0 Å². The summed E-state index contributed by atoms with van der Waals surface area (Å²) >= 11 is 0. The van der Waals surface area contributed by atoms with Crippen LogP contribution < -0.4 is 5.32 Å². The lowest BCUT2D eigenvalue weighted by atomic mass is 9.80. The minimum Gasteiger partial charge on any atom is -0.466 e. The van der Waals surface area contributed by atoms with Crippen molar-refractivity contribution in [2.24, 2.45) is 5.92 Å². The highest BCUT2D eigenvalue weighted by atomic mass is 16.6. The third-order valence-electron chi connectivity index (χ3n) is 5.34. The van der Waals surface area contributed by atoms with E-state index in [1.54, 1.807) is 19.9 Å². The number of methoxy groups -OCH3 is 1. The summed E-state index contributed by atoms with van der Waals surface area (Å²) in [6.07, 6.45) is 1.70. The molecule has 0 aliphatic carbocycles. The molecule has 0 saturated carbocycles. The van der Waals surface area contributed by atoms with Gasteiger partial charge in [-0.05, 0) is 31.7 Å². The molecule has 8 nitrogen and oxygen atoms in total. The normalized spacial score (nSPS) is 17.3. The average molecular weight is 416 g/mol. The fraction of sp³-hybridized carbons (Fsp3) is 0.455. The quantitative estimate of drug-likeness (QED) is 0.388. The summed E-state index contributed by atoms with van der Waals surface area (Å²) in [5, 5.41) is 14.3. The number of hydrogen-bond acceptors (Lipinski definition) is 7. The van der Waals surface area contributed by atoms with Gasteiger partial charge in [-0.15, -0.1) is 0 Å². The molecule has 8 heteroatoms. The van der Waals surface area contributed by atoms with Crippen LogP contribution in [0.3, 0.4) is 0 Å². The van der Waals surface area contributed by atoms with Gasteiger partial charge in [-0.25, -0.2) is 9.59 Å². The van der Waals surface area contributed by atoms with E-state index in [2.05, 4.69) is 19.2 Å². The van der Waals surface area contributed by atoms with Gasteiger partial charge in [-0.2, -0.15) is 0 Å². The van der Waals surface area contributed by atoms with E-state index < -0.39 is 22.8 Å². The Morgan fingerprint density at radius 3 is 2.40 bits per heavy atom. The van der Waals surface area contributed by atoms with Crippen LogP contribution in [0.4, 0.5) is 5.69 Å². The maximum Gasteiger partial charge on any atom is 0.336 e. The molecule has 1 aliphatic heterocycles. The number of nitrogens with one attached hydrogen (secondary N) is 1. The molecular formula is C22H28N2O6. The Kier molecular flexibility index (Phi) is 7.74.